The maximum atomic E-state index is 6.96. The Morgan fingerprint density at radius 3 is 1.90 bits per heavy atom. The zero-order valence-electron chi connectivity index (χ0n) is 19.7. The monoisotopic (exact) mass is 420 g/mol. The second-order valence-electron chi connectivity index (χ2n) is 9.28. The van der Waals surface area contributed by atoms with Gasteiger partial charge in [-0.2, -0.15) is 0 Å². The highest BCUT2D eigenvalue weighted by Crippen LogP contribution is 2.36. The Morgan fingerprint density at radius 2 is 1.40 bits per heavy atom. The predicted molar refractivity (Wildman–Crippen MR) is 134 cm³/mol. The average molecular weight is 421 g/mol. The van der Waals surface area contributed by atoms with Gasteiger partial charge < -0.3 is 4.43 Å². The average Bonchev–Trinajstić information content (AvgIpc) is 2.74. The van der Waals surface area contributed by atoms with E-state index in [4.69, 9.17) is 4.43 Å². The van der Waals surface area contributed by atoms with Gasteiger partial charge in [-0.15, -0.1) is 5.73 Å². The minimum absolute atomic E-state index is 0.0129. The van der Waals surface area contributed by atoms with E-state index in [0.717, 1.165) is 6.42 Å². The molecule has 0 heterocycles. The van der Waals surface area contributed by atoms with Crippen LogP contribution in [0.3, 0.4) is 0 Å². The van der Waals surface area contributed by atoms with E-state index >= 15 is 0 Å². The highest BCUT2D eigenvalue weighted by atomic mass is 28.4. The molecule has 0 aliphatic carbocycles. The van der Waals surface area contributed by atoms with E-state index in [9.17, 15) is 0 Å². The van der Waals surface area contributed by atoms with E-state index in [1.54, 1.807) is 0 Å². The van der Waals surface area contributed by atoms with Crippen molar-refractivity contribution in [3.8, 4) is 0 Å². The van der Waals surface area contributed by atoms with Gasteiger partial charge in [-0.3, -0.25) is 0 Å². The summed E-state index contributed by atoms with van der Waals surface area (Å²) in [6.45, 7) is 12.0. The van der Waals surface area contributed by atoms with Crippen LogP contribution in [0.5, 0.6) is 0 Å². The van der Waals surface area contributed by atoms with Crippen LogP contribution in [0, 0.1) is 0 Å². The van der Waals surface area contributed by atoms with Crippen molar-refractivity contribution < 1.29 is 4.43 Å². The van der Waals surface area contributed by atoms with Crippen molar-refractivity contribution in [3.63, 3.8) is 0 Å². The van der Waals surface area contributed by atoms with Gasteiger partial charge in [0.05, 0.1) is 6.61 Å². The second-order valence-corrected chi connectivity index (χ2v) is 13.6. The van der Waals surface area contributed by atoms with E-state index in [-0.39, 0.29) is 5.04 Å². The fourth-order valence-corrected chi connectivity index (χ4v) is 8.70. The zero-order chi connectivity index (χ0) is 21.9. The van der Waals surface area contributed by atoms with Crippen LogP contribution >= 0.6 is 0 Å². The van der Waals surface area contributed by atoms with Crippen LogP contribution in [0.25, 0.3) is 0 Å². The second kappa shape index (κ2) is 12.1. The third-order valence-electron chi connectivity index (χ3n) is 5.72. The van der Waals surface area contributed by atoms with Gasteiger partial charge in [-0.05, 0) is 46.8 Å². The summed E-state index contributed by atoms with van der Waals surface area (Å²) in [5.41, 5.74) is 4.67. The van der Waals surface area contributed by atoms with Crippen molar-refractivity contribution in [2.24, 2.45) is 0 Å². The Morgan fingerprint density at radius 1 is 0.867 bits per heavy atom. The van der Waals surface area contributed by atoms with Crippen LogP contribution in [-0.4, -0.2) is 14.9 Å². The molecule has 2 heteroatoms. The van der Waals surface area contributed by atoms with Gasteiger partial charge in [0.25, 0.3) is 8.32 Å². The van der Waals surface area contributed by atoms with Crippen LogP contribution in [0.1, 0.15) is 73.1 Å². The summed E-state index contributed by atoms with van der Waals surface area (Å²) >= 11 is 0. The Hall–Kier alpha value is -1.86. The van der Waals surface area contributed by atoms with Crippen molar-refractivity contribution in [2.75, 3.05) is 6.61 Å². The Balaban J connectivity index is 2.23. The molecule has 2 aromatic carbocycles. The topological polar surface area (TPSA) is 9.23 Å². The number of unbranched alkanes of at least 4 members (excludes halogenated alkanes) is 5. The third-order valence-corrected chi connectivity index (χ3v) is 10.7. The lowest BCUT2D eigenvalue weighted by molar-refractivity contribution is 0.330. The van der Waals surface area contributed by atoms with E-state index < -0.39 is 8.32 Å². The highest BCUT2D eigenvalue weighted by Gasteiger charge is 2.50. The first-order valence-corrected chi connectivity index (χ1v) is 13.5. The standard InChI is InChI=1S/C28H40OSi/c1-6-7-8-9-10-11-14-19-25(2)24-29-30(28(3,4)5,26-20-15-12-16-21-26)27-22-17-13-18-23-27/h12-18,20-23H,6-11,24H2,1-5H3. The number of rotatable bonds is 11. The summed E-state index contributed by atoms with van der Waals surface area (Å²) < 4.78 is 6.96. The van der Waals surface area contributed by atoms with Gasteiger partial charge >= 0.3 is 0 Å². The van der Waals surface area contributed by atoms with Crippen LogP contribution < -0.4 is 10.4 Å². The Kier molecular flexibility index (Phi) is 9.85. The van der Waals surface area contributed by atoms with Crippen molar-refractivity contribution >= 4 is 18.7 Å². The molecule has 2 aromatic rings. The molecule has 0 N–H and O–H groups in total. The summed E-state index contributed by atoms with van der Waals surface area (Å²) in [6.07, 6.45) is 9.90. The minimum Gasteiger partial charge on any atom is -0.403 e. The van der Waals surface area contributed by atoms with Gasteiger partial charge in [0, 0.05) is 0 Å². The molecule has 162 valence electrons. The molecule has 2 rings (SSSR count). The first-order chi connectivity index (χ1) is 14.4. The molecule has 0 bridgehead atoms. The Labute approximate surface area is 186 Å². The number of hydrogen-bond acceptors (Lipinski definition) is 1. The fourth-order valence-electron chi connectivity index (χ4n) is 4.12. The maximum Gasteiger partial charge on any atom is 0.261 e. The molecular weight excluding hydrogens is 380 g/mol. The molecule has 1 nitrogen and oxygen atoms in total. The van der Waals surface area contributed by atoms with E-state index in [0.29, 0.717) is 6.61 Å². The van der Waals surface area contributed by atoms with Crippen molar-refractivity contribution in [1.82, 2.24) is 0 Å². The quantitative estimate of drug-likeness (QED) is 0.215. The van der Waals surface area contributed by atoms with Crippen molar-refractivity contribution in [1.29, 1.82) is 0 Å². The molecular formula is C28H40OSi. The summed E-state index contributed by atoms with van der Waals surface area (Å²) in [6, 6.07) is 21.7. The van der Waals surface area contributed by atoms with Gasteiger partial charge in [-0.25, -0.2) is 0 Å². The predicted octanol–water partition coefficient (Wildman–Crippen LogP) is 7.02. The first kappa shape index (κ1) is 24.4. The summed E-state index contributed by atoms with van der Waals surface area (Å²) in [5.74, 6) is 0. The van der Waals surface area contributed by atoms with E-state index in [2.05, 4.69) is 107 Å². The molecule has 0 amide bonds. The normalized spacial score (nSPS) is 11.8. The molecule has 0 aliphatic rings. The molecule has 0 fully saturated rings. The summed E-state index contributed by atoms with van der Waals surface area (Å²) in [4.78, 5) is 0. The number of benzene rings is 2. The molecule has 0 saturated carbocycles. The van der Waals surface area contributed by atoms with E-state index in [1.165, 1.54) is 48.1 Å². The summed E-state index contributed by atoms with van der Waals surface area (Å²) in [7, 11) is -2.46. The Bertz CT molecular complexity index is 756. The molecule has 0 saturated heterocycles. The lowest BCUT2D eigenvalue weighted by atomic mass is 10.1. The van der Waals surface area contributed by atoms with Crippen LogP contribution in [0.2, 0.25) is 5.04 Å². The molecule has 0 atom stereocenters. The minimum atomic E-state index is -2.46. The zero-order valence-corrected chi connectivity index (χ0v) is 20.7. The van der Waals surface area contributed by atoms with Crippen LogP contribution in [-0.2, 0) is 4.43 Å². The smallest absolute Gasteiger partial charge is 0.261 e. The van der Waals surface area contributed by atoms with Crippen molar-refractivity contribution in [2.45, 2.75) is 78.2 Å². The van der Waals surface area contributed by atoms with Gasteiger partial charge in [0.15, 0.2) is 0 Å². The van der Waals surface area contributed by atoms with Crippen LogP contribution in [0.15, 0.2) is 78.0 Å². The van der Waals surface area contributed by atoms with Crippen LogP contribution in [0.4, 0.5) is 0 Å². The third kappa shape index (κ3) is 6.57. The van der Waals surface area contributed by atoms with Crippen molar-refractivity contribution in [3.05, 3.63) is 78.0 Å². The van der Waals surface area contributed by atoms with Gasteiger partial charge in [0.1, 0.15) is 0 Å². The van der Waals surface area contributed by atoms with Gasteiger partial charge in [-0.1, -0.05) is 114 Å². The summed E-state index contributed by atoms with van der Waals surface area (Å²) in [5, 5.41) is 2.67. The molecule has 0 aliphatic heterocycles. The lowest BCUT2D eigenvalue weighted by Gasteiger charge is -2.43. The molecule has 0 unspecified atom stereocenters. The SMILES string of the molecule is CCCCCCCC=C=C(C)CO[Si](c1ccccc1)(c1ccccc1)C(C)(C)C. The maximum absolute atomic E-state index is 6.96. The fraction of sp³-hybridized carbons (Fsp3) is 0.464. The lowest BCUT2D eigenvalue weighted by Crippen LogP contribution is -2.66. The molecule has 30 heavy (non-hydrogen) atoms. The largest absolute Gasteiger partial charge is 0.403 e. The van der Waals surface area contributed by atoms with Gasteiger partial charge in [0.2, 0.25) is 0 Å². The highest BCUT2D eigenvalue weighted by molar-refractivity contribution is 6.99. The molecule has 0 spiro atoms. The molecule has 0 aromatic heterocycles. The first-order valence-electron chi connectivity index (χ1n) is 11.6. The molecule has 0 radical (unpaired) electrons. The van der Waals surface area contributed by atoms with E-state index in [1.807, 2.05) is 0 Å². The number of hydrogen-bond donors (Lipinski definition) is 0.